The van der Waals surface area contributed by atoms with Crippen LogP contribution in [0.4, 0.5) is 17.6 Å². The zero-order valence-corrected chi connectivity index (χ0v) is 14.7. The third kappa shape index (κ3) is 16.9. The van der Waals surface area contributed by atoms with Gasteiger partial charge >= 0.3 is 12.2 Å². The van der Waals surface area contributed by atoms with Gasteiger partial charge in [-0.25, -0.2) is 0 Å². The van der Waals surface area contributed by atoms with Crippen LogP contribution in [0.15, 0.2) is 0 Å². The van der Waals surface area contributed by atoms with Crippen LogP contribution in [0.5, 0.6) is 0 Å². The van der Waals surface area contributed by atoms with Crippen LogP contribution in [-0.4, -0.2) is 86.0 Å². The second kappa shape index (κ2) is 13.6. The Hall–Kier alpha value is -0.560. The van der Waals surface area contributed by atoms with Gasteiger partial charge in [-0.1, -0.05) is 0 Å². The summed E-state index contributed by atoms with van der Waals surface area (Å²) < 4.78 is 68.4. The second-order valence-electron chi connectivity index (χ2n) is 5.77. The Kier molecular flexibility index (Phi) is 13.3. The third-order valence-corrected chi connectivity index (χ3v) is 2.79. The fraction of sp³-hybridized carbons (Fsp3) is 1.00. The van der Waals surface area contributed by atoms with E-state index in [0.717, 1.165) is 12.8 Å². The van der Waals surface area contributed by atoms with Gasteiger partial charge < -0.3 is 29.5 Å². The predicted molar refractivity (Wildman–Crippen MR) is 82.1 cm³/mol. The van der Waals surface area contributed by atoms with E-state index in [-0.39, 0.29) is 33.4 Å². The summed E-state index contributed by atoms with van der Waals surface area (Å²) in [6.07, 6.45) is -8.15. The van der Waals surface area contributed by atoms with Gasteiger partial charge in [0, 0.05) is 20.1 Å². The van der Waals surface area contributed by atoms with E-state index in [1.54, 1.807) is 0 Å². The first-order valence-corrected chi connectivity index (χ1v) is 8.22. The minimum Gasteiger partial charge on any atom is -0.396 e. The molecule has 0 aliphatic heterocycles. The van der Waals surface area contributed by atoms with Crippen LogP contribution in [0.1, 0.15) is 26.2 Å². The summed E-state index contributed by atoms with van der Waals surface area (Å²) in [6, 6.07) is 0. The highest BCUT2D eigenvalue weighted by molar-refractivity contribution is 4.58. The van der Waals surface area contributed by atoms with Crippen LogP contribution in [0.2, 0.25) is 0 Å². The molecule has 0 saturated carbocycles. The van der Waals surface area contributed by atoms with Crippen LogP contribution in [0.3, 0.4) is 0 Å². The number of aliphatic hydroxyl groups excluding tert-OH is 3. The van der Waals surface area contributed by atoms with Gasteiger partial charge in [0.1, 0.15) is 18.8 Å². The Balaban J connectivity index is 3.65. The Morgan fingerprint density at radius 3 is 1.88 bits per heavy atom. The first kappa shape index (κ1) is 25.4. The van der Waals surface area contributed by atoms with Crippen molar-refractivity contribution < 1.29 is 51.8 Å². The monoisotopic (exact) mass is 396 g/mol. The van der Waals surface area contributed by atoms with Crippen LogP contribution < -0.4 is 0 Å². The average Bonchev–Trinajstić information content (AvgIpc) is 2.48. The number of alkyl halides is 4. The summed E-state index contributed by atoms with van der Waals surface area (Å²) in [6.45, 7) is -1.71. The normalized spacial score (nSPS) is 15.2. The van der Waals surface area contributed by atoms with E-state index >= 15 is 0 Å². The summed E-state index contributed by atoms with van der Waals surface area (Å²) in [7, 11) is 0. The van der Waals surface area contributed by atoms with Gasteiger partial charge in [0.25, 0.3) is 0 Å². The molecule has 2 atom stereocenters. The molecule has 0 radical (unpaired) electrons. The van der Waals surface area contributed by atoms with Crippen molar-refractivity contribution in [1.29, 1.82) is 0 Å². The van der Waals surface area contributed by atoms with E-state index < -0.39 is 37.6 Å². The molecule has 0 amide bonds. The first-order chi connectivity index (χ1) is 12.1. The lowest BCUT2D eigenvalue weighted by Gasteiger charge is -2.21. The fourth-order valence-corrected chi connectivity index (χ4v) is 1.75. The average molecular weight is 396 g/mol. The number of rotatable bonds is 17. The Morgan fingerprint density at radius 1 is 0.808 bits per heavy atom. The molecule has 7 nitrogen and oxygen atoms in total. The Morgan fingerprint density at radius 2 is 1.35 bits per heavy atom. The predicted octanol–water partition coefficient (Wildman–Crippen LogP) is 1.14. The second-order valence-corrected chi connectivity index (χ2v) is 5.77. The topological polar surface area (TPSA) is 97.6 Å². The zero-order valence-electron chi connectivity index (χ0n) is 14.7. The van der Waals surface area contributed by atoms with Crippen molar-refractivity contribution in [3.63, 3.8) is 0 Å². The molecule has 0 saturated heterocycles. The smallest absolute Gasteiger partial charge is 0.383 e. The number of aliphatic hydroxyl groups is 3. The molecule has 0 heterocycles. The molecule has 0 aliphatic carbocycles. The maximum atomic E-state index is 12.9. The van der Waals surface area contributed by atoms with E-state index in [4.69, 9.17) is 14.6 Å². The van der Waals surface area contributed by atoms with Gasteiger partial charge in [-0.05, 0) is 19.3 Å². The van der Waals surface area contributed by atoms with Gasteiger partial charge in [-0.15, -0.1) is 0 Å². The quantitative estimate of drug-likeness (QED) is 0.251. The molecule has 0 aromatic heterocycles. The summed E-state index contributed by atoms with van der Waals surface area (Å²) in [4.78, 5) is 0. The maximum Gasteiger partial charge on any atom is 0.383 e. The van der Waals surface area contributed by atoms with Crippen molar-refractivity contribution in [3.8, 4) is 0 Å². The Bertz CT molecular complexity index is 342. The number of hydrogen-bond donors (Lipinski definition) is 3. The molecule has 0 rings (SSSR count). The number of hydrogen-bond acceptors (Lipinski definition) is 7. The van der Waals surface area contributed by atoms with E-state index in [2.05, 4.69) is 9.47 Å². The molecule has 0 spiro atoms. The van der Waals surface area contributed by atoms with E-state index in [0.29, 0.717) is 13.0 Å². The Labute approximate surface area is 149 Å². The summed E-state index contributed by atoms with van der Waals surface area (Å²) in [5.41, 5.74) is 0. The third-order valence-electron chi connectivity index (χ3n) is 2.79. The van der Waals surface area contributed by atoms with Crippen LogP contribution in [0, 0.1) is 0 Å². The van der Waals surface area contributed by atoms with E-state index in [1.807, 2.05) is 0 Å². The fourth-order valence-electron chi connectivity index (χ4n) is 1.75. The first-order valence-electron chi connectivity index (χ1n) is 8.22. The molecule has 2 unspecified atom stereocenters. The van der Waals surface area contributed by atoms with E-state index in [9.17, 15) is 27.8 Å². The van der Waals surface area contributed by atoms with Gasteiger partial charge in [-0.3, -0.25) is 4.74 Å². The highest BCUT2D eigenvalue weighted by atomic mass is 19.3. The molecule has 158 valence electrons. The van der Waals surface area contributed by atoms with Crippen LogP contribution >= 0.6 is 0 Å². The number of halogens is 4. The van der Waals surface area contributed by atoms with E-state index in [1.165, 1.54) is 0 Å². The standard InChI is InChI=1S/C15H28F4O7/c1-14(16,17)26-15(18,19)11-25-10-13(22)9-24-8-12(21)7-23-6-4-2-3-5-20/h12-13,20-22H,2-11H2,1H3. The summed E-state index contributed by atoms with van der Waals surface area (Å²) >= 11 is 0. The maximum absolute atomic E-state index is 12.9. The molecular weight excluding hydrogens is 368 g/mol. The SMILES string of the molecule is CC(F)(F)OC(F)(F)COCC(O)COCC(O)COCCCCCO. The largest absolute Gasteiger partial charge is 0.396 e. The molecule has 3 N–H and O–H groups in total. The number of ether oxygens (including phenoxy) is 4. The minimum atomic E-state index is -4.19. The van der Waals surface area contributed by atoms with Gasteiger partial charge in [0.15, 0.2) is 0 Å². The molecule has 0 aliphatic rings. The zero-order chi connectivity index (χ0) is 20.1. The lowest BCUT2D eigenvalue weighted by atomic mass is 10.2. The summed E-state index contributed by atoms with van der Waals surface area (Å²) in [5, 5.41) is 27.6. The van der Waals surface area contributed by atoms with Crippen molar-refractivity contribution in [3.05, 3.63) is 0 Å². The summed E-state index contributed by atoms with van der Waals surface area (Å²) in [5.74, 6) is 0. The van der Waals surface area contributed by atoms with Crippen molar-refractivity contribution in [2.24, 2.45) is 0 Å². The molecule has 26 heavy (non-hydrogen) atoms. The van der Waals surface area contributed by atoms with Crippen LogP contribution in [0.25, 0.3) is 0 Å². The molecule has 11 heteroatoms. The molecular formula is C15H28F4O7. The van der Waals surface area contributed by atoms with Crippen molar-refractivity contribution in [2.45, 2.75) is 50.6 Å². The van der Waals surface area contributed by atoms with Crippen molar-refractivity contribution >= 4 is 0 Å². The van der Waals surface area contributed by atoms with Crippen LogP contribution in [-0.2, 0) is 18.9 Å². The lowest BCUT2D eigenvalue weighted by molar-refractivity contribution is -0.378. The van der Waals surface area contributed by atoms with Gasteiger partial charge in [-0.2, -0.15) is 17.6 Å². The molecule has 0 aromatic carbocycles. The van der Waals surface area contributed by atoms with Gasteiger partial charge in [0.05, 0.1) is 26.4 Å². The molecule has 0 aromatic rings. The van der Waals surface area contributed by atoms with Crippen molar-refractivity contribution in [1.82, 2.24) is 0 Å². The number of unbranched alkanes of at least 4 members (excludes halogenated alkanes) is 2. The lowest BCUT2D eigenvalue weighted by Crippen LogP contribution is -2.36. The molecule has 0 fully saturated rings. The van der Waals surface area contributed by atoms with Crippen molar-refractivity contribution in [2.75, 3.05) is 46.2 Å². The highest BCUT2D eigenvalue weighted by Gasteiger charge is 2.41. The highest BCUT2D eigenvalue weighted by Crippen LogP contribution is 2.26. The minimum absolute atomic E-state index is 0.0283. The molecule has 0 bridgehead atoms. The van der Waals surface area contributed by atoms with Gasteiger partial charge in [0.2, 0.25) is 0 Å².